The molecule has 0 heterocycles. The average molecular weight is 441 g/mol. The summed E-state index contributed by atoms with van der Waals surface area (Å²) in [5.74, 6) is -1.40. The number of phenolic OH excluding ortho intramolecular Hbond substituents is 2. The number of hydrogen-bond donors (Lipinski definition) is 3. The Kier molecular flexibility index (Phi) is 5.53. The van der Waals surface area contributed by atoms with Crippen LogP contribution in [0.2, 0.25) is 0 Å². The third kappa shape index (κ3) is 3.42. The Morgan fingerprint density at radius 3 is 2.39 bits per heavy atom. The Morgan fingerprint density at radius 2 is 1.77 bits per heavy atom. The minimum Gasteiger partial charge on any atom is -0.504 e. The first-order valence-electron chi connectivity index (χ1n) is 11.1. The van der Waals surface area contributed by atoms with Crippen molar-refractivity contribution < 1.29 is 20.1 Å². The lowest BCUT2D eigenvalue weighted by atomic mass is 9.49. The molecule has 0 radical (unpaired) electrons. The summed E-state index contributed by atoms with van der Waals surface area (Å²) in [7, 11) is 0. The molecule has 166 valence electrons. The number of aliphatic carboxylic acids is 1. The van der Waals surface area contributed by atoms with Crippen LogP contribution in [0.3, 0.4) is 0 Å². The molecule has 3 N–H and O–H groups in total. The molecule has 0 saturated heterocycles. The van der Waals surface area contributed by atoms with Gasteiger partial charge in [0.25, 0.3) is 0 Å². The highest BCUT2D eigenvalue weighted by Gasteiger charge is 2.60. The Labute approximate surface area is 188 Å². The summed E-state index contributed by atoms with van der Waals surface area (Å²) in [6, 6.07) is 12.1. The smallest absolute Gasteiger partial charge is 0.314 e. The van der Waals surface area contributed by atoms with Gasteiger partial charge in [-0.1, -0.05) is 58.4 Å². The molecule has 2 aromatic carbocycles. The minimum absolute atomic E-state index is 0.0104. The van der Waals surface area contributed by atoms with E-state index in [4.69, 9.17) is 0 Å². The van der Waals surface area contributed by atoms with E-state index in [-0.39, 0.29) is 34.0 Å². The van der Waals surface area contributed by atoms with Gasteiger partial charge in [0.1, 0.15) is 5.41 Å². The Balaban J connectivity index is 1.99. The van der Waals surface area contributed by atoms with Gasteiger partial charge in [-0.3, -0.25) is 4.79 Å². The molecule has 4 rings (SSSR count). The van der Waals surface area contributed by atoms with E-state index in [9.17, 15) is 20.1 Å². The van der Waals surface area contributed by atoms with Crippen LogP contribution in [-0.2, 0) is 10.2 Å². The number of carboxylic acids is 1. The Morgan fingerprint density at radius 1 is 1.10 bits per heavy atom. The summed E-state index contributed by atoms with van der Waals surface area (Å²) in [6.45, 7) is 8.26. The third-order valence-corrected chi connectivity index (χ3v) is 8.81. The van der Waals surface area contributed by atoms with Crippen LogP contribution >= 0.6 is 11.8 Å². The van der Waals surface area contributed by atoms with Crippen LogP contribution in [0, 0.1) is 11.3 Å². The third-order valence-electron chi connectivity index (χ3n) is 7.53. The molecule has 0 aromatic heterocycles. The topological polar surface area (TPSA) is 77.8 Å². The van der Waals surface area contributed by atoms with Crippen LogP contribution in [0.1, 0.15) is 81.2 Å². The summed E-state index contributed by atoms with van der Waals surface area (Å²) in [4.78, 5) is 14.0. The molecular formula is C26H32O4S. The van der Waals surface area contributed by atoms with Gasteiger partial charge >= 0.3 is 5.97 Å². The van der Waals surface area contributed by atoms with E-state index in [1.54, 1.807) is 11.8 Å². The SMILES string of the molecule is CC(C)c1cc2c(c(O)c1O)[C@@]1(C(=O)O)CCCC(C)(C)[C@@H]1C[C@H]2Sc1ccccc1. The molecule has 0 amide bonds. The molecule has 2 aromatic rings. The van der Waals surface area contributed by atoms with Crippen LogP contribution in [0.5, 0.6) is 11.5 Å². The first kappa shape index (κ1) is 22.1. The monoisotopic (exact) mass is 440 g/mol. The van der Waals surface area contributed by atoms with E-state index < -0.39 is 11.4 Å². The van der Waals surface area contributed by atoms with Crippen LogP contribution in [0.4, 0.5) is 0 Å². The fourth-order valence-electron chi connectivity index (χ4n) is 6.00. The molecule has 4 nitrogen and oxygen atoms in total. The number of rotatable bonds is 4. The van der Waals surface area contributed by atoms with Gasteiger partial charge in [-0.2, -0.15) is 0 Å². The molecule has 0 bridgehead atoms. The van der Waals surface area contributed by atoms with Gasteiger partial charge < -0.3 is 15.3 Å². The van der Waals surface area contributed by atoms with Gasteiger partial charge in [0.05, 0.1) is 0 Å². The maximum atomic E-state index is 12.9. The molecule has 0 spiro atoms. The summed E-state index contributed by atoms with van der Waals surface area (Å²) in [5, 5.41) is 32.7. The Hall–Kier alpha value is -2.14. The number of thioether (sulfide) groups is 1. The van der Waals surface area contributed by atoms with Gasteiger partial charge in [-0.05, 0) is 54.2 Å². The lowest BCUT2D eigenvalue weighted by Gasteiger charge is -2.55. The van der Waals surface area contributed by atoms with Crippen molar-refractivity contribution in [3.8, 4) is 11.5 Å². The highest BCUT2D eigenvalue weighted by molar-refractivity contribution is 7.99. The zero-order chi connectivity index (χ0) is 22.6. The van der Waals surface area contributed by atoms with Crippen molar-refractivity contribution in [2.45, 2.75) is 74.9 Å². The second-order valence-corrected chi connectivity index (χ2v) is 11.4. The fourth-order valence-corrected chi connectivity index (χ4v) is 7.24. The number of hydrogen-bond acceptors (Lipinski definition) is 4. The number of carboxylic acid groups (broad SMARTS) is 1. The first-order valence-corrected chi connectivity index (χ1v) is 12.0. The molecule has 0 aliphatic heterocycles. The van der Waals surface area contributed by atoms with Gasteiger partial charge in [0.2, 0.25) is 0 Å². The molecule has 3 atom stereocenters. The van der Waals surface area contributed by atoms with Gasteiger partial charge in [0.15, 0.2) is 11.5 Å². The van der Waals surface area contributed by atoms with Crippen molar-refractivity contribution in [2.75, 3.05) is 0 Å². The van der Waals surface area contributed by atoms with Crippen LogP contribution in [-0.4, -0.2) is 21.3 Å². The van der Waals surface area contributed by atoms with Crippen molar-refractivity contribution in [3.05, 3.63) is 53.1 Å². The van der Waals surface area contributed by atoms with Crippen LogP contribution in [0.15, 0.2) is 41.3 Å². The standard InChI is InChI=1S/C26H32O4S/c1-15(2)17-13-18-19(31-16-9-6-5-7-10-16)14-20-25(3,4)11-8-12-26(20,24(29)30)21(18)23(28)22(17)27/h5-7,9-10,13,15,19-20,27-28H,8,11-12,14H2,1-4H3,(H,29,30)/t19-,20+,26-/m1/s1. The zero-order valence-electron chi connectivity index (χ0n) is 18.7. The van der Waals surface area contributed by atoms with E-state index in [1.807, 2.05) is 38.1 Å². The predicted molar refractivity (Wildman–Crippen MR) is 124 cm³/mol. The van der Waals surface area contributed by atoms with Gasteiger partial charge in [0, 0.05) is 21.3 Å². The van der Waals surface area contributed by atoms with Crippen molar-refractivity contribution in [2.24, 2.45) is 11.3 Å². The Bertz CT molecular complexity index is 998. The van der Waals surface area contributed by atoms with Crippen molar-refractivity contribution in [3.63, 3.8) is 0 Å². The number of carbonyl (C=O) groups is 1. The molecule has 5 heteroatoms. The second kappa shape index (κ2) is 7.77. The zero-order valence-corrected chi connectivity index (χ0v) is 19.5. The number of fused-ring (bicyclic) bond motifs is 3. The molecule has 2 aliphatic rings. The highest BCUT2D eigenvalue weighted by atomic mass is 32.2. The fraction of sp³-hybridized carbons (Fsp3) is 0.500. The number of benzene rings is 2. The van der Waals surface area contributed by atoms with Crippen molar-refractivity contribution >= 4 is 17.7 Å². The van der Waals surface area contributed by atoms with E-state index in [0.29, 0.717) is 17.5 Å². The minimum atomic E-state index is -1.18. The number of phenols is 2. The summed E-state index contributed by atoms with van der Waals surface area (Å²) >= 11 is 1.72. The van der Waals surface area contributed by atoms with Crippen molar-refractivity contribution in [1.82, 2.24) is 0 Å². The quantitative estimate of drug-likeness (QED) is 0.467. The summed E-state index contributed by atoms with van der Waals surface area (Å²) < 4.78 is 0. The lowest BCUT2D eigenvalue weighted by Crippen LogP contribution is -2.54. The highest BCUT2D eigenvalue weighted by Crippen LogP contribution is 2.65. The first-order chi connectivity index (χ1) is 14.6. The van der Waals surface area contributed by atoms with Crippen LogP contribution in [0.25, 0.3) is 0 Å². The predicted octanol–water partition coefficient (Wildman–Crippen LogP) is 6.61. The maximum absolute atomic E-state index is 12.9. The van der Waals surface area contributed by atoms with E-state index in [2.05, 4.69) is 26.0 Å². The van der Waals surface area contributed by atoms with E-state index >= 15 is 0 Å². The molecule has 31 heavy (non-hydrogen) atoms. The van der Waals surface area contributed by atoms with Gasteiger partial charge in [-0.15, -0.1) is 11.8 Å². The maximum Gasteiger partial charge on any atom is 0.314 e. The molecule has 1 fully saturated rings. The van der Waals surface area contributed by atoms with Gasteiger partial charge in [-0.25, -0.2) is 0 Å². The summed E-state index contributed by atoms with van der Waals surface area (Å²) in [5.41, 5.74) is 0.623. The lowest BCUT2D eigenvalue weighted by molar-refractivity contribution is -0.152. The molecule has 2 aliphatic carbocycles. The normalized spacial score (nSPS) is 26.9. The molecular weight excluding hydrogens is 408 g/mol. The van der Waals surface area contributed by atoms with E-state index in [1.165, 1.54) is 0 Å². The summed E-state index contributed by atoms with van der Waals surface area (Å²) in [6.07, 6.45) is 2.97. The average Bonchev–Trinajstić information content (AvgIpc) is 2.71. The largest absolute Gasteiger partial charge is 0.504 e. The molecule has 1 saturated carbocycles. The van der Waals surface area contributed by atoms with Crippen LogP contribution < -0.4 is 0 Å². The number of aromatic hydroxyl groups is 2. The van der Waals surface area contributed by atoms with Crippen molar-refractivity contribution in [1.29, 1.82) is 0 Å². The van der Waals surface area contributed by atoms with E-state index in [0.717, 1.165) is 29.7 Å². The molecule has 0 unspecified atom stereocenters. The second-order valence-electron chi connectivity index (χ2n) is 10.1.